The number of benzene rings is 2. The maximum absolute atomic E-state index is 13.4. The summed E-state index contributed by atoms with van der Waals surface area (Å²) in [4.78, 5) is 17.2. The summed E-state index contributed by atoms with van der Waals surface area (Å²) in [5, 5.41) is 11.9. The van der Waals surface area contributed by atoms with E-state index in [1.165, 1.54) is 10.4 Å². The highest BCUT2D eigenvalue weighted by Gasteiger charge is 2.31. The maximum atomic E-state index is 13.4. The Balaban J connectivity index is 1.60. The van der Waals surface area contributed by atoms with Gasteiger partial charge in [0.05, 0.1) is 25.7 Å². The van der Waals surface area contributed by atoms with Gasteiger partial charge in [-0.15, -0.1) is 0 Å². The second kappa shape index (κ2) is 7.78. The molecular weight excluding hydrogens is 435 g/mol. The molecule has 0 bridgehead atoms. The SMILES string of the molecule is O=[N+]([O-])c1c(N2CCN(S(=O)(=O)c3ccc(F)c(Cl)c3)CC2)ccc2ncccc12. The first-order chi connectivity index (χ1) is 14.3. The van der Waals surface area contributed by atoms with E-state index in [0.29, 0.717) is 16.6 Å². The predicted octanol–water partition coefficient (Wildman–Crippen LogP) is 3.45. The Morgan fingerprint density at radius 3 is 2.50 bits per heavy atom. The van der Waals surface area contributed by atoms with Crippen molar-refractivity contribution in [1.82, 2.24) is 9.29 Å². The normalized spacial score (nSPS) is 15.5. The van der Waals surface area contributed by atoms with Gasteiger partial charge >= 0.3 is 5.69 Å². The molecule has 2 heterocycles. The van der Waals surface area contributed by atoms with Crippen molar-refractivity contribution in [3.63, 3.8) is 0 Å². The molecule has 156 valence electrons. The first kappa shape index (κ1) is 20.5. The monoisotopic (exact) mass is 450 g/mol. The van der Waals surface area contributed by atoms with Crippen LogP contribution in [0.1, 0.15) is 0 Å². The number of sulfonamides is 1. The lowest BCUT2D eigenvalue weighted by molar-refractivity contribution is -0.382. The Bertz CT molecular complexity index is 1250. The van der Waals surface area contributed by atoms with E-state index in [2.05, 4.69) is 4.98 Å². The molecule has 8 nitrogen and oxygen atoms in total. The number of halogens is 2. The molecule has 1 saturated heterocycles. The zero-order valence-corrected chi connectivity index (χ0v) is 17.1. The van der Waals surface area contributed by atoms with Crippen molar-refractivity contribution >= 4 is 43.9 Å². The van der Waals surface area contributed by atoms with Crippen LogP contribution in [0.4, 0.5) is 15.8 Å². The smallest absolute Gasteiger partial charge is 0.301 e. The van der Waals surface area contributed by atoms with Crippen molar-refractivity contribution < 1.29 is 17.7 Å². The van der Waals surface area contributed by atoms with E-state index in [9.17, 15) is 22.9 Å². The number of nitro groups is 1. The van der Waals surface area contributed by atoms with Crippen LogP contribution in [0.15, 0.2) is 53.6 Å². The second-order valence-electron chi connectivity index (χ2n) is 6.73. The van der Waals surface area contributed by atoms with E-state index in [1.807, 2.05) is 0 Å². The standard InChI is InChI=1S/C19H16ClFN4O4S/c20-15-12-13(3-4-16(15)21)30(28,29)24-10-8-23(9-11-24)18-6-5-17-14(2-1-7-22-17)19(18)25(26)27/h1-7,12H,8-11H2. The van der Waals surface area contributed by atoms with E-state index in [-0.39, 0.29) is 41.8 Å². The van der Waals surface area contributed by atoms with Crippen molar-refractivity contribution in [2.45, 2.75) is 4.90 Å². The van der Waals surface area contributed by atoms with Crippen molar-refractivity contribution in [3.05, 3.63) is 69.6 Å². The van der Waals surface area contributed by atoms with Gasteiger partial charge in [0.1, 0.15) is 11.5 Å². The molecule has 1 aromatic heterocycles. The van der Waals surface area contributed by atoms with Crippen molar-refractivity contribution in [2.75, 3.05) is 31.1 Å². The summed E-state index contributed by atoms with van der Waals surface area (Å²) in [5.41, 5.74) is 0.881. The zero-order valence-electron chi connectivity index (χ0n) is 15.5. The number of aromatic nitrogens is 1. The van der Waals surface area contributed by atoms with E-state index >= 15 is 0 Å². The number of pyridine rings is 1. The fourth-order valence-corrected chi connectivity index (χ4v) is 5.22. The van der Waals surface area contributed by atoms with Gasteiger partial charge in [-0.1, -0.05) is 11.6 Å². The number of fused-ring (bicyclic) bond motifs is 1. The Morgan fingerprint density at radius 1 is 1.10 bits per heavy atom. The fraction of sp³-hybridized carbons (Fsp3) is 0.211. The summed E-state index contributed by atoms with van der Waals surface area (Å²) in [5.74, 6) is -0.696. The summed E-state index contributed by atoms with van der Waals surface area (Å²) in [6.45, 7) is 0.778. The highest BCUT2D eigenvalue weighted by Crippen LogP contribution is 2.36. The number of hydrogen-bond donors (Lipinski definition) is 0. The van der Waals surface area contributed by atoms with Gasteiger partial charge in [0.25, 0.3) is 0 Å². The lowest BCUT2D eigenvalue weighted by Crippen LogP contribution is -2.48. The van der Waals surface area contributed by atoms with E-state index in [1.54, 1.807) is 35.4 Å². The van der Waals surface area contributed by atoms with Gasteiger partial charge < -0.3 is 4.90 Å². The summed E-state index contributed by atoms with van der Waals surface area (Å²) in [7, 11) is -3.86. The Kier molecular flexibility index (Phi) is 5.31. The van der Waals surface area contributed by atoms with Gasteiger partial charge in [0.2, 0.25) is 10.0 Å². The number of nitro benzene ring substituents is 1. The maximum Gasteiger partial charge on any atom is 0.301 e. The van der Waals surface area contributed by atoms with Gasteiger partial charge in [0.15, 0.2) is 0 Å². The summed E-state index contributed by atoms with van der Waals surface area (Å²) < 4.78 is 40.3. The number of hydrogen-bond acceptors (Lipinski definition) is 6. The zero-order chi connectivity index (χ0) is 21.5. The summed E-state index contributed by atoms with van der Waals surface area (Å²) in [6, 6.07) is 9.89. The molecule has 3 aromatic rings. The lowest BCUT2D eigenvalue weighted by atomic mass is 10.1. The quantitative estimate of drug-likeness (QED) is 0.446. The topological polar surface area (TPSA) is 96.6 Å². The summed E-state index contributed by atoms with van der Waals surface area (Å²) in [6.07, 6.45) is 1.57. The molecule has 0 N–H and O–H groups in total. The van der Waals surface area contributed by atoms with Gasteiger partial charge in [-0.05, 0) is 42.5 Å². The van der Waals surface area contributed by atoms with E-state index in [0.717, 1.165) is 12.1 Å². The molecule has 1 fully saturated rings. The molecule has 0 saturated carbocycles. The highest BCUT2D eigenvalue weighted by molar-refractivity contribution is 7.89. The fourth-order valence-electron chi connectivity index (χ4n) is 3.53. The molecule has 0 amide bonds. The average molecular weight is 451 g/mol. The van der Waals surface area contributed by atoms with Crippen LogP contribution in [-0.4, -0.2) is 48.8 Å². The van der Waals surface area contributed by atoms with Crippen LogP contribution in [0.3, 0.4) is 0 Å². The third-order valence-corrected chi connectivity index (χ3v) is 7.21. The third-order valence-electron chi connectivity index (χ3n) is 5.03. The Labute approximate surface area is 176 Å². The van der Waals surface area contributed by atoms with Crippen LogP contribution in [0.25, 0.3) is 10.9 Å². The summed E-state index contributed by atoms with van der Waals surface area (Å²) >= 11 is 5.72. The first-order valence-corrected chi connectivity index (χ1v) is 10.8. The van der Waals surface area contributed by atoms with E-state index in [4.69, 9.17) is 11.6 Å². The molecule has 4 rings (SSSR count). The van der Waals surface area contributed by atoms with Crippen LogP contribution in [0.2, 0.25) is 5.02 Å². The third kappa shape index (κ3) is 3.57. The van der Waals surface area contributed by atoms with Crippen molar-refractivity contribution in [1.29, 1.82) is 0 Å². The molecule has 0 radical (unpaired) electrons. The minimum absolute atomic E-state index is 0.0535. The van der Waals surface area contributed by atoms with Crippen LogP contribution in [-0.2, 0) is 10.0 Å². The number of rotatable bonds is 4. The van der Waals surface area contributed by atoms with Crippen molar-refractivity contribution in [3.8, 4) is 0 Å². The van der Waals surface area contributed by atoms with Crippen molar-refractivity contribution in [2.24, 2.45) is 0 Å². The van der Waals surface area contributed by atoms with Gasteiger partial charge in [0, 0.05) is 32.4 Å². The van der Waals surface area contributed by atoms with Gasteiger partial charge in [-0.3, -0.25) is 15.1 Å². The molecular formula is C19H16ClFN4O4S. The predicted molar refractivity (Wildman–Crippen MR) is 111 cm³/mol. The minimum atomic E-state index is -3.86. The second-order valence-corrected chi connectivity index (χ2v) is 9.07. The van der Waals surface area contributed by atoms with Crippen LogP contribution in [0, 0.1) is 15.9 Å². The molecule has 1 aliphatic heterocycles. The van der Waals surface area contributed by atoms with Crippen LogP contribution < -0.4 is 4.90 Å². The van der Waals surface area contributed by atoms with Gasteiger partial charge in [-0.2, -0.15) is 4.31 Å². The van der Waals surface area contributed by atoms with E-state index < -0.39 is 20.8 Å². The average Bonchev–Trinajstić information content (AvgIpc) is 2.74. The number of nitrogens with zero attached hydrogens (tertiary/aromatic N) is 4. The molecule has 0 aliphatic carbocycles. The molecule has 0 unspecified atom stereocenters. The largest absolute Gasteiger partial charge is 0.363 e. The van der Waals surface area contributed by atoms with Gasteiger partial charge in [-0.25, -0.2) is 12.8 Å². The number of piperazine rings is 1. The molecule has 0 atom stereocenters. The molecule has 2 aromatic carbocycles. The minimum Gasteiger partial charge on any atom is -0.363 e. The molecule has 1 aliphatic rings. The highest BCUT2D eigenvalue weighted by atomic mass is 35.5. The first-order valence-electron chi connectivity index (χ1n) is 9.01. The molecule has 30 heavy (non-hydrogen) atoms. The molecule has 0 spiro atoms. The number of anilines is 1. The molecule has 11 heteroatoms. The Morgan fingerprint density at radius 2 is 1.83 bits per heavy atom. The lowest BCUT2D eigenvalue weighted by Gasteiger charge is -2.35. The van der Waals surface area contributed by atoms with Crippen LogP contribution in [0.5, 0.6) is 0 Å². The van der Waals surface area contributed by atoms with Crippen LogP contribution >= 0.6 is 11.6 Å². The Hall–Kier alpha value is -2.82.